The van der Waals surface area contributed by atoms with E-state index in [9.17, 15) is 14.7 Å². The zero-order chi connectivity index (χ0) is 21.0. The summed E-state index contributed by atoms with van der Waals surface area (Å²) in [6, 6.07) is 11.9. The Hall–Kier alpha value is -3.52. The molecule has 0 bridgehead atoms. The number of hydrogen-bond acceptors (Lipinski definition) is 7. The van der Waals surface area contributed by atoms with Gasteiger partial charge in [-0.25, -0.2) is 4.98 Å². The number of anilines is 3. The third kappa shape index (κ3) is 4.85. The fourth-order valence-electron chi connectivity index (χ4n) is 2.58. The largest absolute Gasteiger partial charge is 0.545 e. The maximum absolute atomic E-state index is 12.2. The Labute approximate surface area is 172 Å². The van der Waals surface area contributed by atoms with Crippen molar-refractivity contribution in [2.45, 2.75) is 20.8 Å². The van der Waals surface area contributed by atoms with Crippen LogP contribution in [0.1, 0.15) is 34.1 Å². The van der Waals surface area contributed by atoms with Crippen LogP contribution in [-0.4, -0.2) is 23.1 Å². The van der Waals surface area contributed by atoms with Gasteiger partial charge in [-0.2, -0.15) is 5.10 Å². The standard InChI is InChI=1S/C21H20N4O3S/c1-13-4-9-19(10-14(13)2)25(15(3)26)21-23-18(12-29-21)11-22-24-17-7-5-16(6-8-17)20(27)28/h4-12,24H,1-3H3,(H,27,28)/p-1/b22-11-. The van der Waals surface area contributed by atoms with Crippen LogP contribution in [0.2, 0.25) is 0 Å². The Morgan fingerprint density at radius 3 is 2.48 bits per heavy atom. The summed E-state index contributed by atoms with van der Waals surface area (Å²) in [4.78, 5) is 29.0. The van der Waals surface area contributed by atoms with E-state index in [1.54, 1.807) is 22.4 Å². The molecule has 0 saturated carbocycles. The predicted octanol–water partition coefficient (Wildman–Crippen LogP) is 3.25. The molecule has 8 heteroatoms. The van der Waals surface area contributed by atoms with Crippen LogP contribution in [0.25, 0.3) is 0 Å². The summed E-state index contributed by atoms with van der Waals surface area (Å²) in [5.41, 5.74) is 7.15. The van der Waals surface area contributed by atoms with E-state index < -0.39 is 5.97 Å². The zero-order valence-electron chi connectivity index (χ0n) is 16.2. The fraction of sp³-hybridized carbons (Fsp3) is 0.143. The molecule has 7 nitrogen and oxygen atoms in total. The van der Waals surface area contributed by atoms with Gasteiger partial charge in [0.1, 0.15) is 0 Å². The summed E-state index contributed by atoms with van der Waals surface area (Å²) in [6.45, 7) is 5.53. The van der Waals surface area contributed by atoms with Crippen molar-refractivity contribution in [3.05, 3.63) is 70.2 Å². The van der Waals surface area contributed by atoms with Crippen LogP contribution >= 0.6 is 11.3 Å². The maximum atomic E-state index is 12.2. The average molecular weight is 407 g/mol. The highest BCUT2D eigenvalue weighted by Gasteiger charge is 2.18. The minimum atomic E-state index is -1.23. The lowest BCUT2D eigenvalue weighted by molar-refractivity contribution is -0.255. The molecule has 0 saturated heterocycles. The van der Waals surface area contributed by atoms with Crippen molar-refractivity contribution in [2.24, 2.45) is 5.10 Å². The van der Waals surface area contributed by atoms with Gasteiger partial charge in [0.25, 0.3) is 0 Å². The second kappa shape index (κ2) is 8.66. The second-order valence-electron chi connectivity index (χ2n) is 6.41. The quantitative estimate of drug-likeness (QED) is 0.500. The first-order valence-corrected chi connectivity index (χ1v) is 9.67. The van der Waals surface area contributed by atoms with Gasteiger partial charge >= 0.3 is 0 Å². The van der Waals surface area contributed by atoms with Crippen LogP contribution in [0.3, 0.4) is 0 Å². The van der Waals surface area contributed by atoms with Gasteiger partial charge in [0.2, 0.25) is 5.91 Å². The Morgan fingerprint density at radius 1 is 1.14 bits per heavy atom. The van der Waals surface area contributed by atoms with Crippen molar-refractivity contribution in [1.29, 1.82) is 0 Å². The molecule has 0 fully saturated rings. The van der Waals surface area contributed by atoms with Crippen LogP contribution in [0.15, 0.2) is 52.9 Å². The fourth-order valence-corrected chi connectivity index (χ4v) is 3.42. The molecule has 0 spiro atoms. The van der Waals surface area contributed by atoms with Crippen molar-refractivity contribution in [1.82, 2.24) is 4.98 Å². The van der Waals surface area contributed by atoms with E-state index in [2.05, 4.69) is 15.5 Å². The smallest absolute Gasteiger partial charge is 0.230 e. The number of aromatic nitrogens is 1. The monoisotopic (exact) mass is 407 g/mol. The number of hydrazone groups is 1. The molecule has 0 aliphatic heterocycles. The molecular weight excluding hydrogens is 388 g/mol. The number of amides is 1. The molecular formula is C21H19N4O3S-. The highest BCUT2D eigenvalue weighted by Crippen LogP contribution is 2.29. The molecule has 1 amide bonds. The number of benzene rings is 2. The molecule has 0 radical (unpaired) electrons. The minimum Gasteiger partial charge on any atom is -0.545 e. The number of nitrogens with one attached hydrogen (secondary N) is 1. The van der Waals surface area contributed by atoms with Crippen molar-refractivity contribution in [3.63, 3.8) is 0 Å². The average Bonchev–Trinajstić information content (AvgIpc) is 3.13. The summed E-state index contributed by atoms with van der Waals surface area (Å²) in [5.74, 6) is -1.36. The number of aryl methyl sites for hydroxylation is 2. The first kappa shape index (κ1) is 20.2. The summed E-state index contributed by atoms with van der Waals surface area (Å²) in [7, 11) is 0. The normalized spacial score (nSPS) is 10.9. The van der Waals surface area contributed by atoms with Crippen molar-refractivity contribution in [3.8, 4) is 0 Å². The van der Waals surface area contributed by atoms with Crippen LogP contribution in [-0.2, 0) is 4.79 Å². The van der Waals surface area contributed by atoms with Crippen LogP contribution in [0, 0.1) is 13.8 Å². The van der Waals surface area contributed by atoms with Gasteiger partial charge in [-0.1, -0.05) is 18.2 Å². The SMILES string of the molecule is CC(=O)N(c1ccc(C)c(C)c1)c1nc(/C=N\Nc2ccc(C(=O)[O-])cc2)cs1. The van der Waals surface area contributed by atoms with E-state index in [0.29, 0.717) is 16.5 Å². The molecule has 0 atom stereocenters. The van der Waals surface area contributed by atoms with Crippen LogP contribution < -0.4 is 15.4 Å². The number of carboxylic acids is 1. The molecule has 0 unspecified atom stereocenters. The van der Waals surface area contributed by atoms with E-state index in [1.165, 1.54) is 36.6 Å². The first-order valence-electron chi connectivity index (χ1n) is 8.79. The zero-order valence-corrected chi connectivity index (χ0v) is 17.0. The van der Waals surface area contributed by atoms with Gasteiger partial charge in [-0.3, -0.25) is 15.1 Å². The van der Waals surface area contributed by atoms with Gasteiger partial charge in [0, 0.05) is 12.3 Å². The van der Waals surface area contributed by atoms with E-state index in [1.807, 2.05) is 32.0 Å². The molecule has 1 N–H and O–H groups in total. The number of thiazole rings is 1. The molecule has 148 valence electrons. The van der Waals surface area contributed by atoms with Gasteiger partial charge in [-0.15, -0.1) is 11.3 Å². The van der Waals surface area contributed by atoms with Gasteiger partial charge in [0.15, 0.2) is 5.13 Å². The third-order valence-corrected chi connectivity index (χ3v) is 5.12. The van der Waals surface area contributed by atoms with E-state index in [0.717, 1.165) is 16.8 Å². The third-order valence-electron chi connectivity index (χ3n) is 4.28. The maximum Gasteiger partial charge on any atom is 0.230 e. The number of hydrogen-bond donors (Lipinski definition) is 1. The molecule has 2 aromatic carbocycles. The number of carboxylic acid groups (broad SMARTS) is 1. The molecule has 3 aromatic rings. The Balaban J connectivity index is 1.74. The van der Waals surface area contributed by atoms with Crippen molar-refractivity contribution in [2.75, 3.05) is 10.3 Å². The highest BCUT2D eigenvalue weighted by molar-refractivity contribution is 7.14. The van der Waals surface area contributed by atoms with Crippen LogP contribution in [0.4, 0.5) is 16.5 Å². The van der Waals surface area contributed by atoms with E-state index >= 15 is 0 Å². The summed E-state index contributed by atoms with van der Waals surface area (Å²) < 4.78 is 0. The highest BCUT2D eigenvalue weighted by atomic mass is 32.1. The Kier molecular flexibility index (Phi) is 6.04. The molecule has 29 heavy (non-hydrogen) atoms. The molecule has 0 aliphatic carbocycles. The van der Waals surface area contributed by atoms with Gasteiger partial charge in [-0.05, 0) is 54.8 Å². The molecule has 1 aromatic heterocycles. The predicted molar refractivity (Wildman–Crippen MR) is 113 cm³/mol. The number of carbonyl (C=O) groups is 2. The number of nitrogens with zero attached hydrogens (tertiary/aromatic N) is 3. The lowest BCUT2D eigenvalue weighted by Crippen LogP contribution is -2.22. The number of aromatic carboxylic acids is 1. The summed E-state index contributed by atoms with van der Waals surface area (Å²) >= 11 is 1.35. The minimum absolute atomic E-state index is 0.0966. The van der Waals surface area contributed by atoms with Crippen LogP contribution in [0.5, 0.6) is 0 Å². The van der Waals surface area contributed by atoms with Crippen molar-refractivity contribution >= 4 is 45.9 Å². The second-order valence-corrected chi connectivity index (χ2v) is 7.25. The van der Waals surface area contributed by atoms with Crippen molar-refractivity contribution < 1.29 is 14.7 Å². The van der Waals surface area contributed by atoms with E-state index in [4.69, 9.17) is 0 Å². The lowest BCUT2D eigenvalue weighted by atomic mass is 10.1. The number of carbonyl (C=O) groups excluding carboxylic acids is 2. The molecule has 1 heterocycles. The van der Waals surface area contributed by atoms with Gasteiger partial charge in [0.05, 0.1) is 29.3 Å². The Bertz CT molecular complexity index is 1070. The Morgan fingerprint density at radius 2 is 1.86 bits per heavy atom. The summed E-state index contributed by atoms with van der Waals surface area (Å²) in [6.07, 6.45) is 1.53. The summed E-state index contributed by atoms with van der Waals surface area (Å²) in [5, 5.41) is 17.2. The van der Waals surface area contributed by atoms with Gasteiger partial charge < -0.3 is 9.90 Å². The topological polar surface area (TPSA) is 97.7 Å². The number of rotatable bonds is 6. The molecule has 3 rings (SSSR count). The first-order chi connectivity index (χ1) is 13.8. The van der Waals surface area contributed by atoms with E-state index in [-0.39, 0.29) is 11.5 Å². The molecule has 0 aliphatic rings. The lowest BCUT2D eigenvalue weighted by Gasteiger charge is -2.19.